The molecule has 30 heavy (non-hydrogen) atoms. The maximum absolute atomic E-state index is 12.4. The number of nitrogens with one attached hydrogen (secondary N) is 1. The maximum atomic E-state index is 12.4. The minimum atomic E-state index is -0.446. The quantitative estimate of drug-likeness (QED) is 0.741. The van der Waals surface area contributed by atoms with E-state index < -0.39 is 12.2 Å². The Labute approximate surface area is 173 Å². The van der Waals surface area contributed by atoms with Gasteiger partial charge in [-0.25, -0.2) is 9.78 Å². The fraction of sp³-hybridized carbons (Fsp3) is 0.381. The summed E-state index contributed by atoms with van der Waals surface area (Å²) in [5.74, 6) is 0.871. The van der Waals surface area contributed by atoms with Crippen molar-refractivity contribution in [2.24, 2.45) is 0 Å². The van der Waals surface area contributed by atoms with E-state index in [0.717, 1.165) is 6.42 Å². The minimum Gasteiger partial charge on any atom is -0.497 e. The van der Waals surface area contributed by atoms with Crippen molar-refractivity contribution >= 4 is 17.7 Å². The number of amides is 2. The number of ether oxygens (including phenoxy) is 4. The van der Waals surface area contributed by atoms with Crippen LogP contribution in [0.1, 0.15) is 16.8 Å². The number of hydrogen-bond donors (Lipinski definition) is 1. The highest BCUT2D eigenvalue weighted by Crippen LogP contribution is 2.24. The fourth-order valence-corrected chi connectivity index (χ4v) is 3.27. The predicted octanol–water partition coefficient (Wildman–Crippen LogP) is 2.01. The lowest BCUT2D eigenvalue weighted by atomic mass is 10.2. The molecule has 2 aliphatic rings. The molecule has 0 bridgehead atoms. The number of pyridine rings is 1. The van der Waals surface area contributed by atoms with E-state index in [1.165, 1.54) is 11.1 Å². The van der Waals surface area contributed by atoms with Crippen molar-refractivity contribution in [1.82, 2.24) is 10.3 Å². The molecule has 0 aliphatic carbocycles. The van der Waals surface area contributed by atoms with Crippen LogP contribution < -0.4 is 19.7 Å². The molecule has 2 fully saturated rings. The molecule has 0 spiro atoms. The molecular weight excluding hydrogens is 390 g/mol. The van der Waals surface area contributed by atoms with E-state index in [1.54, 1.807) is 43.5 Å². The average molecular weight is 413 g/mol. The zero-order chi connectivity index (χ0) is 20.9. The first-order chi connectivity index (χ1) is 14.6. The van der Waals surface area contributed by atoms with Crippen LogP contribution in [0.15, 0.2) is 42.6 Å². The fourth-order valence-electron chi connectivity index (χ4n) is 3.27. The van der Waals surface area contributed by atoms with Crippen LogP contribution in [0.4, 0.5) is 10.5 Å². The topological polar surface area (TPSA) is 99.2 Å². The molecule has 2 aromatic rings. The Morgan fingerprint density at radius 3 is 2.77 bits per heavy atom. The Morgan fingerprint density at radius 1 is 1.27 bits per heavy atom. The van der Waals surface area contributed by atoms with Crippen molar-refractivity contribution in [1.29, 1.82) is 0 Å². The van der Waals surface area contributed by atoms with Crippen LogP contribution in [-0.4, -0.2) is 62.6 Å². The molecule has 158 valence electrons. The third-order valence-corrected chi connectivity index (χ3v) is 4.92. The average Bonchev–Trinajstić information content (AvgIpc) is 3.42. The molecule has 1 aromatic heterocycles. The van der Waals surface area contributed by atoms with Gasteiger partial charge in [-0.05, 0) is 30.3 Å². The van der Waals surface area contributed by atoms with Gasteiger partial charge < -0.3 is 24.3 Å². The third kappa shape index (κ3) is 4.62. The number of nitrogens with zero attached hydrogens (tertiary/aromatic N) is 2. The zero-order valence-electron chi connectivity index (χ0n) is 16.6. The summed E-state index contributed by atoms with van der Waals surface area (Å²) in [5.41, 5.74) is 1.11. The number of cyclic esters (lactones) is 1. The summed E-state index contributed by atoms with van der Waals surface area (Å²) in [6.07, 6.45) is 1.41. The summed E-state index contributed by atoms with van der Waals surface area (Å²) in [6, 6.07) is 10.4. The zero-order valence-corrected chi connectivity index (χ0v) is 16.6. The summed E-state index contributed by atoms with van der Waals surface area (Å²) < 4.78 is 21.4. The molecule has 2 unspecified atom stereocenters. The highest BCUT2D eigenvalue weighted by molar-refractivity contribution is 5.94. The van der Waals surface area contributed by atoms with Gasteiger partial charge in [-0.1, -0.05) is 0 Å². The number of carbonyl (C=O) groups is 2. The molecule has 4 rings (SSSR count). The lowest BCUT2D eigenvalue weighted by Gasteiger charge is -2.13. The SMILES string of the molecule is COc1ccc(N2CC(CNC(=O)c3ccc(OC4CCOC4)nc3)OC2=O)cc1. The highest BCUT2D eigenvalue weighted by atomic mass is 16.6. The van der Waals surface area contributed by atoms with E-state index in [1.807, 2.05) is 0 Å². The van der Waals surface area contributed by atoms with Gasteiger partial charge in [0.05, 0.1) is 39.0 Å². The van der Waals surface area contributed by atoms with Gasteiger partial charge in [0.25, 0.3) is 5.91 Å². The van der Waals surface area contributed by atoms with Crippen LogP contribution in [0.3, 0.4) is 0 Å². The summed E-state index contributed by atoms with van der Waals surface area (Å²) in [4.78, 5) is 30.2. The number of anilines is 1. The maximum Gasteiger partial charge on any atom is 0.414 e. The molecule has 0 radical (unpaired) electrons. The van der Waals surface area contributed by atoms with Crippen molar-refractivity contribution in [3.63, 3.8) is 0 Å². The molecule has 2 atom stereocenters. The molecule has 9 heteroatoms. The number of carbonyl (C=O) groups excluding carboxylic acids is 2. The van der Waals surface area contributed by atoms with E-state index in [9.17, 15) is 9.59 Å². The largest absolute Gasteiger partial charge is 0.497 e. The Kier molecular flexibility index (Phi) is 5.99. The molecule has 2 aliphatic heterocycles. The van der Waals surface area contributed by atoms with Crippen LogP contribution >= 0.6 is 0 Å². The van der Waals surface area contributed by atoms with E-state index in [0.29, 0.717) is 42.6 Å². The Hall–Kier alpha value is -3.33. The molecule has 2 amide bonds. The van der Waals surface area contributed by atoms with Crippen molar-refractivity contribution in [3.8, 4) is 11.6 Å². The van der Waals surface area contributed by atoms with Crippen LogP contribution in [0.25, 0.3) is 0 Å². The normalized spacial score (nSPS) is 20.7. The second-order valence-electron chi connectivity index (χ2n) is 7.01. The first-order valence-corrected chi connectivity index (χ1v) is 9.73. The van der Waals surface area contributed by atoms with Crippen molar-refractivity contribution in [3.05, 3.63) is 48.2 Å². The molecule has 1 N–H and O–H groups in total. The van der Waals surface area contributed by atoms with Crippen molar-refractivity contribution in [2.45, 2.75) is 18.6 Å². The van der Waals surface area contributed by atoms with E-state index >= 15 is 0 Å². The molecular formula is C21H23N3O6. The second-order valence-corrected chi connectivity index (χ2v) is 7.01. The Bertz CT molecular complexity index is 881. The Balaban J connectivity index is 1.27. The van der Waals surface area contributed by atoms with Gasteiger partial charge in [0, 0.05) is 24.4 Å². The molecule has 9 nitrogen and oxygen atoms in total. The van der Waals surface area contributed by atoms with Crippen LogP contribution in [0.2, 0.25) is 0 Å². The van der Waals surface area contributed by atoms with Crippen LogP contribution in [0.5, 0.6) is 11.6 Å². The Morgan fingerprint density at radius 2 is 2.10 bits per heavy atom. The van der Waals surface area contributed by atoms with E-state index in [2.05, 4.69) is 10.3 Å². The first kappa shape index (κ1) is 20.0. The summed E-state index contributed by atoms with van der Waals surface area (Å²) >= 11 is 0. The summed E-state index contributed by atoms with van der Waals surface area (Å²) in [5, 5.41) is 2.78. The van der Waals surface area contributed by atoms with E-state index in [-0.39, 0.29) is 18.6 Å². The third-order valence-electron chi connectivity index (χ3n) is 4.92. The monoisotopic (exact) mass is 413 g/mol. The van der Waals surface area contributed by atoms with Gasteiger partial charge in [0.1, 0.15) is 18.0 Å². The first-order valence-electron chi connectivity index (χ1n) is 9.73. The van der Waals surface area contributed by atoms with Crippen LogP contribution in [-0.2, 0) is 9.47 Å². The molecule has 1 aromatic carbocycles. The molecule has 3 heterocycles. The minimum absolute atomic E-state index is 0.00266. The van der Waals surface area contributed by atoms with Gasteiger partial charge >= 0.3 is 6.09 Å². The lowest BCUT2D eigenvalue weighted by Crippen LogP contribution is -2.34. The van der Waals surface area contributed by atoms with E-state index in [4.69, 9.17) is 18.9 Å². The lowest BCUT2D eigenvalue weighted by molar-refractivity contribution is 0.0915. The number of aromatic nitrogens is 1. The van der Waals surface area contributed by atoms with Gasteiger partial charge in [0.15, 0.2) is 0 Å². The predicted molar refractivity (Wildman–Crippen MR) is 107 cm³/mol. The van der Waals surface area contributed by atoms with Crippen molar-refractivity contribution < 1.29 is 28.5 Å². The second kappa shape index (κ2) is 9.00. The van der Waals surface area contributed by atoms with Gasteiger partial charge in [-0.2, -0.15) is 0 Å². The number of methoxy groups -OCH3 is 1. The number of hydrogen-bond acceptors (Lipinski definition) is 7. The molecule has 2 saturated heterocycles. The van der Waals surface area contributed by atoms with Crippen molar-refractivity contribution in [2.75, 3.05) is 38.3 Å². The van der Waals surface area contributed by atoms with Gasteiger partial charge in [0.2, 0.25) is 5.88 Å². The van der Waals surface area contributed by atoms with Gasteiger partial charge in [-0.3, -0.25) is 9.69 Å². The molecule has 0 saturated carbocycles. The number of rotatable bonds is 7. The van der Waals surface area contributed by atoms with Gasteiger partial charge in [-0.15, -0.1) is 0 Å². The number of benzene rings is 1. The standard InChI is InChI=1S/C21H23N3O6/c1-27-16-5-3-15(4-6-16)24-12-18(30-21(24)26)11-23-20(25)14-2-7-19(22-10-14)29-17-8-9-28-13-17/h2-7,10,17-18H,8-9,11-13H2,1H3,(H,23,25). The summed E-state index contributed by atoms with van der Waals surface area (Å²) in [7, 11) is 1.58. The van der Waals surface area contributed by atoms with Crippen LogP contribution in [0, 0.1) is 0 Å². The summed E-state index contributed by atoms with van der Waals surface area (Å²) in [6.45, 7) is 1.79. The highest BCUT2D eigenvalue weighted by Gasteiger charge is 2.32. The smallest absolute Gasteiger partial charge is 0.414 e.